The molecular weight excluding hydrogens is 432 g/mol. The number of amides is 2. The molecule has 180 valence electrons. The predicted molar refractivity (Wildman–Crippen MR) is 134 cm³/mol. The number of carbonyl (C=O) groups is 2. The first-order chi connectivity index (χ1) is 16.4. The molecule has 2 amide bonds. The average Bonchev–Trinajstić information content (AvgIpc) is 2.84. The van der Waals surface area contributed by atoms with E-state index in [-0.39, 0.29) is 30.5 Å². The third-order valence-corrected chi connectivity index (χ3v) is 5.66. The number of hydrogen-bond acceptors (Lipinski definition) is 4. The summed E-state index contributed by atoms with van der Waals surface area (Å²) in [6.45, 7) is 4.63. The Hall–Kier alpha value is -3.68. The molecule has 1 heterocycles. The Kier molecular flexibility index (Phi) is 8.79. The van der Waals surface area contributed by atoms with Crippen molar-refractivity contribution in [1.82, 2.24) is 14.5 Å². The molecule has 3 aromatic rings. The van der Waals surface area contributed by atoms with Gasteiger partial charge in [0.05, 0.1) is 10.9 Å². The van der Waals surface area contributed by atoms with Crippen LogP contribution in [0.3, 0.4) is 0 Å². The van der Waals surface area contributed by atoms with Crippen molar-refractivity contribution in [2.75, 3.05) is 11.9 Å². The van der Waals surface area contributed by atoms with Crippen LogP contribution < -0.4 is 21.9 Å². The molecule has 3 rings (SSSR count). The number of aryl methyl sites for hydroxylation is 1. The smallest absolute Gasteiger partial charge is 0.331 e. The molecule has 2 N–H and O–H groups in total. The van der Waals surface area contributed by atoms with Gasteiger partial charge in [-0.05, 0) is 55.5 Å². The van der Waals surface area contributed by atoms with Crippen LogP contribution in [0, 0.1) is 0 Å². The van der Waals surface area contributed by atoms with Crippen molar-refractivity contribution in [3.63, 3.8) is 0 Å². The molecule has 1 aromatic heterocycles. The summed E-state index contributed by atoms with van der Waals surface area (Å²) in [5.74, 6) is -0.382. The second kappa shape index (κ2) is 12.0. The van der Waals surface area contributed by atoms with Gasteiger partial charge in [0, 0.05) is 25.2 Å². The van der Waals surface area contributed by atoms with Gasteiger partial charge in [-0.25, -0.2) is 4.79 Å². The van der Waals surface area contributed by atoms with Crippen molar-refractivity contribution < 1.29 is 9.59 Å². The summed E-state index contributed by atoms with van der Waals surface area (Å²) in [6, 6.07) is 14.4. The fourth-order valence-corrected chi connectivity index (χ4v) is 3.84. The molecular formula is C26H32N4O4. The van der Waals surface area contributed by atoms with Gasteiger partial charge in [-0.2, -0.15) is 0 Å². The minimum absolute atomic E-state index is 0.0334. The van der Waals surface area contributed by atoms with Gasteiger partial charge in [-0.3, -0.25) is 23.5 Å². The van der Waals surface area contributed by atoms with E-state index in [0.29, 0.717) is 42.4 Å². The maximum atomic E-state index is 13.2. The fraction of sp³-hybridized carbons (Fsp3) is 0.385. The first-order valence-corrected chi connectivity index (χ1v) is 11.8. The molecule has 2 aromatic carbocycles. The number of fused-ring (bicyclic) bond motifs is 1. The molecule has 0 spiro atoms. The maximum Gasteiger partial charge on any atom is 0.331 e. The summed E-state index contributed by atoms with van der Waals surface area (Å²) >= 11 is 0. The van der Waals surface area contributed by atoms with Crippen LogP contribution >= 0.6 is 0 Å². The van der Waals surface area contributed by atoms with Crippen LogP contribution in [0.5, 0.6) is 0 Å². The second-order valence-corrected chi connectivity index (χ2v) is 8.25. The maximum absolute atomic E-state index is 13.2. The van der Waals surface area contributed by atoms with Gasteiger partial charge in [-0.15, -0.1) is 0 Å². The molecule has 34 heavy (non-hydrogen) atoms. The monoisotopic (exact) mass is 464 g/mol. The van der Waals surface area contributed by atoms with Gasteiger partial charge >= 0.3 is 5.69 Å². The van der Waals surface area contributed by atoms with Gasteiger partial charge in [0.15, 0.2) is 0 Å². The number of rotatable bonds is 11. The highest BCUT2D eigenvalue weighted by Crippen LogP contribution is 2.12. The normalized spacial score (nSPS) is 10.9. The molecule has 0 saturated carbocycles. The van der Waals surface area contributed by atoms with Crippen molar-refractivity contribution >= 4 is 28.4 Å². The number of hydrogen-bond donors (Lipinski definition) is 2. The van der Waals surface area contributed by atoms with E-state index in [9.17, 15) is 19.2 Å². The minimum atomic E-state index is -0.531. The molecule has 0 atom stereocenters. The van der Waals surface area contributed by atoms with Crippen LogP contribution in [-0.4, -0.2) is 27.5 Å². The van der Waals surface area contributed by atoms with Crippen LogP contribution in [-0.2, 0) is 29.1 Å². The van der Waals surface area contributed by atoms with E-state index in [1.54, 1.807) is 30.3 Å². The molecule has 0 aliphatic heterocycles. The lowest BCUT2D eigenvalue weighted by Crippen LogP contribution is -2.41. The number of carbonyl (C=O) groups excluding carboxylic acids is 2. The van der Waals surface area contributed by atoms with Crippen LogP contribution in [0.25, 0.3) is 10.9 Å². The number of nitrogens with one attached hydrogen (secondary N) is 2. The lowest BCUT2D eigenvalue weighted by Gasteiger charge is -2.14. The fourth-order valence-electron chi connectivity index (χ4n) is 3.84. The Morgan fingerprint density at radius 2 is 1.71 bits per heavy atom. The Bertz CT molecular complexity index is 1280. The molecule has 0 radical (unpaired) electrons. The topological polar surface area (TPSA) is 102 Å². The van der Waals surface area contributed by atoms with Gasteiger partial charge < -0.3 is 10.6 Å². The quantitative estimate of drug-likeness (QED) is 0.426. The number of nitrogens with zero attached hydrogens (tertiary/aromatic N) is 2. The number of anilines is 1. The molecule has 8 heteroatoms. The van der Waals surface area contributed by atoms with Crippen molar-refractivity contribution in [2.45, 2.75) is 59.0 Å². The molecule has 0 bridgehead atoms. The highest BCUT2D eigenvalue weighted by atomic mass is 16.2. The molecule has 0 unspecified atom stereocenters. The van der Waals surface area contributed by atoms with E-state index >= 15 is 0 Å². The van der Waals surface area contributed by atoms with Gasteiger partial charge in [-0.1, -0.05) is 38.1 Å². The molecule has 0 aliphatic rings. The van der Waals surface area contributed by atoms with E-state index in [1.165, 1.54) is 4.57 Å². The number of benzene rings is 2. The SMILES string of the molecule is CCCNC(=O)CCCCn1c(=O)c2ccccc2n(CC(=O)Nc2cccc(CC)c2)c1=O. The van der Waals surface area contributed by atoms with E-state index in [4.69, 9.17) is 0 Å². The zero-order valence-electron chi connectivity index (χ0n) is 19.8. The summed E-state index contributed by atoms with van der Waals surface area (Å²) < 4.78 is 2.50. The highest BCUT2D eigenvalue weighted by Gasteiger charge is 2.15. The molecule has 8 nitrogen and oxygen atoms in total. The summed E-state index contributed by atoms with van der Waals surface area (Å²) in [4.78, 5) is 50.8. The largest absolute Gasteiger partial charge is 0.356 e. The zero-order valence-corrected chi connectivity index (χ0v) is 19.8. The Morgan fingerprint density at radius 1 is 0.912 bits per heavy atom. The van der Waals surface area contributed by atoms with Gasteiger partial charge in [0.1, 0.15) is 6.54 Å². The lowest BCUT2D eigenvalue weighted by atomic mass is 10.1. The Balaban J connectivity index is 1.80. The van der Waals surface area contributed by atoms with Crippen LogP contribution in [0.4, 0.5) is 5.69 Å². The van der Waals surface area contributed by atoms with Crippen molar-refractivity contribution in [3.8, 4) is 0 Å². The van der Waals surface area contributed by atoms with Gasteiger partial charge in [0.25, 0.3) is 5.56 Å². The first kappa shape index (κ1) is 25.0. The van der Waals surface area contributed by atoms with Crippen LogP contribution in [0.2, 0.25) is 0 Å². The molecule has 0 aliphatic carbocycles. The van der Waals surface area contributed by atoms with E-state index in [0.717, 1.165) is 23.0 Å². The second-order valence-electron chi connectivity index (χ2n) is 8.25. The highest BCUT2D eigenvalue weighted by molar-refractivity contribution is 5.91. The number of aromatic nitrogens is 2. The summed E-state index contributed by atoms with van der Waals surface area (Å²) in [5.41, 5.74) is 1.26. The lowest BCUT2D eigenvalue weighted by molar-refractivity contribution is -0.121. The predicted octanol–water partition coefficient (Wildman–Crippen LogP) is 3.06. The van der Waals surface area contributed by atoms with Crippen LogP contribution in [0.15, 0.2) is 58.1 Å². The molecule has 0 fully saturated rings. The van der Waals surface area contributed by atoms with Gasteiger partial charge in [0.2, 0.25) is 11.8 Å². The van der Waals surface area contributed by atoms with Crippen molar-refractivity contribution in [1.29, 1.82) is 0 Å². The van der Waals surface area contributed by atoms with Crippen molar-refractivity contribution in [2.24, 2.45) is 0 Å². The minimum Gasteiger partial charge on any atom is -0.356 e. The summed E-state index contributed by atoms with van der Waals surface area (Å²) in [6.07, 6.45) is 3.12. The molecule has 0 saturated heterocycles. The Labute approximate surface area is 198 Å². The standard InChI is InChI=1S/C26H32N4O4/c1-3-15-27-23(31)14-7-8-16-29-25(33)21-12-5-6-13-22(21)30(26(29)34)18-24(32)28-20-11-9-10-19(4-2)17-20/h5-6,9-13,17H,3-4,7-8,14-16,18H2,1-2H3,(H,27,31)(H,28,32). The first-order valence-electron chi connectivity index (χ1n) is 11.8. The zero-order chi connectivity index (χ0) is 24.5. The van der Waals surface area contributed by atoms with E-state index < -0.39 is 5.69 Å². The number of unbranched alkanes of at least 4 members (excludes halogenated alkanes) is 1. The summed E-state index contributed by atoms with van der Waals surface area (Å²) in [7, 11) is 0. The summed E-state index contributed by atoms with van der Waals surface area (Å²) in [5, 5.41) is 6.04. The average molecular weight is 465 g/mol. The van der Waals surface area contributed by atoms with E-state index in [2.05, 4.69) is 10.6 Å². The van der Waals surface area contributed by atoms with Crippen LogP contribution in [0.1, 0.15) is 45.1 Å². The van der Waals surface area contributed by atoms with E-state index in [1.807, 2.05) is 32.0 Å². The Morgan fingerprint density at radius 3 is 2.47 bits per heavy atom. The number of para-hydroxylation sites is 1. The third kappa shape index (κ3) is 6.21. The third-order valence-electron chi connectivity index (χ3n) is 5.66. The van der Waals surface area contributed by atoms with Crippen molar-refractivity contribution in [3.05, 3.63) is 74.9 Å².